The van der Waals surface area contributed by atoms with E-state index in [1.807, 2.05) is 0 Å². The predicted molar refractivity (Wildman–Crippen MR) is 99.0 cm³/mol. The van der Waals surface area contributed by atoms with Crippen LogP contribution in [0, 0.1) is 0 Å². The number of thiophene rings is 2. The highest BCUT2D eigenvalue weighted by Gasteiger charge is 2.34. The van der Waals surface area contributed by atoms with Gasteiger partial charge in [0.25, 0.3) is 5.91 Å². The fraction of sp³-hybridized carbons (Fsp3) is 0.375. The summed E-state index contributed by atoms with van der Waals surface area (Å²) in [4.78, 5) is 27.7. The van der Waals surface area contributed by atoms with Gasteiger partial charge in [0.05, 0.1) is 22.3 Å². The molecular formula is C16H16ClN3O3S2. The first kappa shape index (κ1) is 16.8. The average Bonchev–Trinajstić information content (AvgIpc) is 3.30. The molecule has 0 aliphatic carbocycles. The summed E-state index contributed by atoms with van der Waals surface area (Å²) in [6.45, 7) is 2.54. The number of halogens is 1. The number of rotatable bonds is 4. The van der Waals surface area contributed by atoms with Crippen LogP contribution in [0.2, 0.25) is 4.34 Å². The lowest BCUT2D eigenvalue weighted by Crippen LogP contribution is -2.34. The summed E-state index contributed by atoms with van der Waals surface area (Å²) in [6.07, 6.45) is 0.270. The van der Waals surface area contributed by atoms with Crippen molar-refractivity contribution in [2.24, 2.45) is 0 Å². The summed E-state index contributed by atoms with van der Waals surface area (Å²) in [6, 6.07) is 5.45. The molecule has 2 amide bonds. The molecule has 6 nitrogen and oxygen atoms in total. The summed E-state index contributed by atoms with van der Waals surface area (Å²) in [5.41, 5.74) is 1.30. The zero-order valence-corrected chi connectivity index (χ0v) is 15.6. The maximum Gasteiger partial charge on any atom is 0.415 e. The average molecular weight is 398 g/mol. The first-order valence-corrected chi connectivity index (χ1v) is 9.95. The van der Waals surface area contributed by atoms with Crippen molar-refractivity contribution in [3.63, 3.8) is 0 Å². The molecule has 132 valence electrons. The molecule has 2 N–H and O–H groups in total. The number of hydrogen-bond acceptors (Lipinski definition) is 6. The molecule has 9 heteroatoms. The van der Waals surface area contributed by atoms with Crippen molar-refractivity contribution < 1.29 is 14.3 Å². The fourth-order valence-corrected chi connectivity index (χ4v) is 5.05. The molecule has 0 saturated carbocycles. The van der Waals surface area contributed by atoms with Crippen LogP contribution in [-0.2, 0) is 17.7 Å². The highest BCUT2D eigenvalue weighted by atomic mass is 35.5. The molecule has 2 aliphatic heterocycles. The Bertz CT molecular complexity index is 796. The second-order valence-electron chi connectivity index (χ2n) is 5.89. The molecule has 2 aromatic heterocycles. The van der Waals surface area contributed by atoms with Gasteiger partial charge in [-0.2, -0.15) is 0 Å². The van der Waals surface area contributed by atoms with Crippen LogP contribution in [0.4, 0.5) is 9.80 Å². The van der Waals surface area contributed by atoms with Gasteiger partial charge in [-0.1, -0.05) is 11.6 Å². The Kier molecular flexibility index (Phi) is 4.68. The molecular weight excluding hydrogens is 382 g/mol. The lowest BCUT2D eigenvalue weighted by atomic mass is 10.1. The molecule has 1 fully saturated rings. The van der Waals surface area contributed by atoms with Gasteiger partial charge < -0.3 is 15.4 Å². The minimum absolute atomic E-state index is 0.205. The Morgan fingerprint density at radius 2 is 2.32 bits per heavy atom. The second-order valence-corrected chi connectivity index (χ2v) is 8.72. The fourth-order valence-electron chi connectivity index (χ4n) is 2.91. The Hall–Kier alpha value is -1.61. The highest BCUT2D eigenvalue weighted by Crippen LogP contribution is 2.34. The number of nitrogens with one attached hydrogen (secondary N) is 2. The molecule has 0 bridgehead atoms. The molecule has 0 radical (unpaired) electrons. The summed E-state index contributed by atoms with van der Waals surface area (Å²) >= 11 is 8.69. The van der Waals surface area contributed by atoms with E-state index >= 15 is 0 Å². The predicted octanol–water partition coefficient (Wildman–Crippen LogP) is 2.86. The first-order valence-electron chi connectivity index (χ1n) is 7.94. The number of ether oxygens (including phenoxy) is 1. The standard InChI is InChI=1S/C16H16ClN3O3S2/c17-13-2-1-11(24-13)15(21)19-6-10-8-20(16(22)23-10)14-5-9-3-4-18-7-12(9)25-14/h1-2,5,10,18H,3-4,6-8H2,(H,19,21)/t10-/m0/s1. The quantitative estimate of drug-likeness (QED) is 0.832. The lowest BCUT2D eigenvalue weighted by Gasteiger charge is -2.10. The molecule has 0 aromatic carbocycles. The third kappa shape index (κ3) is 3.52. The van der Waals surface area contributed by atoms with Gasteiger partial charge in [-0.05, 0) is 36.7 Å². The smallest absolute Gasteiger partial charge is 0.415 e. The molecule has 0 spiro atoms. The molecule has 1 atom stereocenters. The minimum atomic E-state index is -0.357. The topological polar surface area (TPSA) is 70.7 Å². The normalized spacial score (nSPS) is 19.6. The molecule has 2 aliphatic rings. The zero-order chi connectivity index (χ0) is 17.4. The van der Waals surface area contributed by atoms with Gasteiger partial charge in [-0.3, -0.25) is 9.69 Å². The summed E-state index contributed by atoms with van der Waals surface area (Å²) in [5.74, 6) is -0.205. The molecule has 2 aromatic rings. The van der Waals surface area contributed by atoms with E-state index in [0.29, 0.717) is 15.8 Å². The van der Waals surface area contributed by atoms with Crippen LogP contribution in [0.3, 0.4) is 0 Å². The van der Waals surface area contributed by atoms with Crippen molar-refractivity contribution in [1.29, 1.82) is 0 Å². The Balaban J connectivity index is 1.37. The van der Waals surface area contributed by atoms with Crippen molar-refractivity contribution >= 4 is 51.3 Å². The van der Waals surface area contributed by atoms with E-state index in [2.05, 4.69) is 16.7 Å². The number of anilines is 1. The summed E-state index contributed by atoms with van der Waals surface area (Å²) in [7, 11) is 0. The van der Waals surface area contributed by atoms with E-state index in [1.54, 1.807) is 28.4 Å². The van der Waals surface area contributed by atoms with Crippen LogP contribution in [0.15, 0.2) is 18.2 Å². The third-order valence-corrected chi connectivity index (χ3v) is 6.60. The molecule has 0 unspecified atom stereocenters. The van der Waals surface area contributed by atoms with Gasteiger partial charge in [-0.15, -0.1) is 22.7 Å². The lowest BCUT2D eigenvalue weighted by molar-refractivity contribution is 0.0920. The largest absolute Gasteiger partial charge is 0.442 e. The van der Waals surface area contributed by atoms with E-state index in [-0.39, 0.29) is 24.6 Å². The van der Waals surface area contributed by atoms with E-state index in [0.717, 1.165) is 24.5 Å². The van der Waals surface area contributed by atoms with Crippen LogP contribution < -0.4 is 15.5 Å². The number of cyclic esters (lactones) is 1. The van der Waals surface area contributed by atoms with Crippen LogP contribution in [-0.4, -0.2) is 37.7 Å². The van der Waals surface area contributed by atoms with Crippen LogP contribution in [0.25, 0.3) is 0 Å². The van der Waals surface area contributed by atoms with Crippen LogP contribution >= 0.6 is 34.3 Å². The third-order valence-electron chi connectivity index (χ3n) is 4.17. The van der Waals surface area contributed by atoms with Gasteiger partial charge in [0.15, 0.2) is 0 Å². The maximum absolute atomic E-state index is 12.2. The van der Waals surface area contributed by atoms with Gasteiger partial charge in [0.2, 0.25) is 0 Å². The van der Waals surface area contributed by atoms with Crippen molar-refractivity contribution in [2.45, 2.75) is 19.1 Å². The number of carbonyl (C=O) groups excluding carboxylic acids is 2. The van der Waals surface area contributed by atoms with Gasteiger partial charge >= 0.3 is 6.09 Å². The second kappa shape index (κ2) is 6.95. The number of fused-ring (bicyclic) bond motifs is 1. The first-order chi connectivity index (χ1) is 12.1. The highest BCUT2D eigenvalue weighted by molar-refractivity contribution is 7.18. The van der Waals surface area contributed by atoms with Crippen molar-refractivity contribution in [2.75, 3.05) is 24.5 Å². The van der Waals surface area contributed by atoms with E-state index in [4.69, 9.17) is 16.3 Å². The van der Waals surface area contributed by atoms with Crippen molar-refractivity contribution in [3.8, 4) is 0 Å². The zero-order valence-electron chi connectivity index (χ0n) is 13.2. The molecule has 25 heavy (non-hydrogen) atoms. The molecule has 1 saturated heterocycles. The summed E-state index contributed by atoms with van der Waals surface area (Å²) < 4.78 is 5.96. The van der Waals surface area contributed by atoms with Crippen LogP contribution in [0.5, 0.6) is 0 Å². The van der Waals surface area contributed by atoms with Gasteiger partial charge in [0.1, 0.15) is 11.1 Å². The molecule has 4 heterocycles. The Morgan fingerprint density at radius 1 is 1.44 bits per heavy atom. The SMILES string of the molecule is O=C(NC[C@H]1CN(c2cc3c(s2)CNCC3)C(=O)O1)c1ccc(Cl)s1. The monoisotopic (exact) mass is 397 g/mol. The van der Waals surface area contributed by atoms with Crippen LogP contribution in [0.1, 0.15) is 20.1 Å². The maximum atomic E-state index is 12.2. The van der Waals surface area contributed by atoms with E-state index in [9.17, 15) is 9.59 Å². The van der Waals surface area contributed by atoms with E-state index < -0.39 is 0 Å². The molecule has 4 rings (SSSR count). The van der Waals surface area contributed by atoms with Crippen molar-refractivity contribution in [3.05, 3.63) is 37.9 Å². The minimum Gasteiger partial charge on any atom is -0.442 e. The number of amides is 2. The van der Waals surface area contributed by atoms with Gasteiger partial charge in [0, 0.05) is 11.4 Å². The Morgan fingerprint density at radius 3 is 3.08 bits per heavy atom. The van der Waals surface area contributed by atoms with E-state index in [1.165, 1.54) is 21.8 Å². The summed E-state index contributed by atoms with van der Waals surface area (Å²) in [5, 5.41) is 7.05. The Labute approximate surface area is 157 Å². The number of nitrogens with zero attached hydrogens (tertiary/aromatic N) is 1. The number of hydrogen-bond donors (Lipinski definition) is 2. The van der Waals surface area contributed by atoms with Crippen molar-refractivity contribution in [1.82, 2.24) is 10.6 Å². The van der Waals surface area contributed by atoms with Gasteiger partial charge in [-0.25, -0.2) is 4.79 Å². The number of carbonyl (C=O) groups is 2.